The second-order valence-corrected chi connectivity index (χ2v) is 10.7. The van der Waals surface area contributed by atoms with E-state index >= 15 is 0 Å². The number of rotatable bonds is 4. The first-order valence-electron chi connectivity index (χ1n) is 14.2. The quantitative estimate of drug-likeness (QED) is 0.217. The van der Waals surface area contributed by atoms with Crippen LogP contribution in [-0.2, 0) is 0 Å². The van der Waals surface area contributed by atoms with E-state index in [1.54, 1.807) is 6.20 Å². The SMILES string of the molecule is c1ccc(-c2ccc3cc(N(c4cc5oc6ccccc6c5cn4)c4cccc5oc6ncccc6c45)ccc3c2)cc1. The lowest BCUT2D eigenvalue weighted by Gasteiger charge is -2.25. The predicted molar refractivity (Wildman–Crippen MR) is 174 cm³/mol. The van der Waals surface area contributed by atoms with E-state index < -0.39 is 0 Å². The number of anilines is 3. The van der Waals surface area contributed by atoms with E-state index in [0.29, 0.717) is 5.71 Å². The van der Waals surface area contributed by atoms with Gasteiger partial charge in [0.25, 0.3) is 0 Å². The van der Waals surface area contributed by atoms with Gasteiger partial charge < -0.3 is 8.83 Å². The minimum absolute atomic E-state index is 0.609. The first kappa shape index (κ1) is 23.7. The van der Waals surface area contributed by atoms with Crippen molar-refractivity contribution in [2.75, 3.05) is 4.90 Å². The Bertz CT molecular complexity index is 2480. The normalized spacial score (nSPS) is 11.7. The number of hydrogen-bond acceptors (Lipinski definition) is 5. The van der Waals surface area contributed by atoms with Gasteiger partial charge in [0.1, 0.15) is 22.6 Å². The van der Waals surface area contributed by atoms with Crippen molar-refractivity contribution in [2.45, 2.75) is 0 Å². The topological polar surface area (TPSA) is 55.3 Å². The van der Waals surface area contributed by atoms with E-state index in [4.69, 9.17) is 13.8 Å². The van der Waals surface area contributed by atoms with Crippen molar-refractivity contribution < 1.29 is 8.83 Å². The molecule has 4 heterocycles. The predicted octanol–water partition coefficient (Wildman–Crippen LogP) is 10.6. The average molecular weight is 554 g/mol. The lowest BCUT2D eigenvalue weighted by Crippen LogP contribution is -2.11. The molecular formula is C38H23N3O2. The van der Waals surface area contributed by atoms with E-state index in [1.807, 2.05) is 54.7 Å². The summed E-state index contributed by atoms with van der Waals surface area (Å²) in [7, 11) is 0. The van der Waals surface area contributed by atoms with E-state index in [2.05, 4.69) is 88.7 Å². The maximum Gasteiger partial charge on any atom is 0.227 e. The Morgan fingerprint density at radius 3 is 2.28 bits per heavy atom. The highest BCUT2D eigenvalue weighted by atomic mass is 16.3. The largest absolute Gasteiger partial charge is 0.456 e. The molecule has 0 aliphatic heterocycles. The number of fused-ring (bicyclic) bond motifs is 7. The average Bonchev–Trinajstić information content (AvgIpc) is 3.63. The van der Waals surface area contributed by atoms with Crippen LogP contribution in [0.4, 0.5) is 17.2 Å². The Morgan fingerprint density at radius 1 is 0.512 bits per heavy atom. The number of pyridine rings is 2. The monoisotopic (exact) mass is 553 g/mol. The summed E-state index contributed by atoms with van der Waals surface area (Å²) in [5, 5.41) is 6.28. The molecule has 0 N–H and O–H groups in total. The maximum atomic E-state index is 6.29. The Morgan fingerprint density at radius 2 is 1.33 bits per heavy atom. The van der Waals surface area contributed by atoms with Gasteiger partial charge in [-0.05, 0) is 70.4 Å². The fourth-order valence-corrected chi connectivity index (χ4v) is 6.14. The molecule has 43 heavy (non-hydrogen) atoms. The number of furan rings is 2. The highest BCUT2D eigenvalue weighted by Gasteiger charge is 2.22. The number of hydrogen-bond donors (Lipinski definition) is 0. The Hall–Kier alpha value is -5.94. The molecule has 9 aromatic rings. The molecule has 0 saturated carbocycles. The number of para-hydroxylation sites is 1. The molecule has 5 heteroatoms. The summed E-state index contributed by atoms with van der Waals surface area (Å²) in [6.45, 7) is 0. The van der Waals surface area contributed by atoms with Crippen molar-refractivity contribution in [3.05, 3.63) is 140 Å². The summed E-state index contributed by atoms with van der Waals surface area (Å²) in [4.78, 5) is 11.7. The van der Waals surface area contributed by atoms with Gasteiger partial charge >= 0.3 is 0 Å². The highest BCUT2D eigenvalue weighted by molar-refractivity contribution is 6.13. The molecule has 9 rings (SSSR count). The molecule has 0 spiro atoms. The van der Waals surface area contributed by atoms with Gasteiger partial charge in [-0.2, -0.15) is 0 Å². The molecule has 0 amide bonds. The molecule has 0 radical (unpaired) electrons. The molecule has 0 fully saturated rings. The van der Waals surface area contributed by atoms with Gasteiger partial charge in [0.15, 0.2) is 0 Å². The van der Waals surface area contributed by atoms with Crippen molar-refractivity contribution in [1.82, 2.24) is 9.97 Å². The zero-order valence-corrected chi connectivity index (χ0v) is 22.9. The molecule has 0 atom stereocenters. The fourth-order valence-electron chi connectivity index (χ4n) is 6.14. The molecule has 5 nitrogen and oxygen atoms in total. The van der Waals surface area contributed by atoms with Crippen molar-refractivity contribution in [3.63, 3.8) is 0 Å². The van der Waals surface area contributed by atoms with Gasteiger partial charge in [-0.25, -0.2) is 9.97 Å². The van der Waals surface area contributed by atoms with Crippen LogP contribution in [0.2, 0.25) is 0 Å². The van der Waals surface area contributed by atoms with Crippen LogP contribution in [0.1, 0.15) is 0 Å². The van der Waals surface area contributed by atoms with E-state index in [9.17, 15) is 0 Å². The molecule has 202 valence electrons. The lowest BCUT2D eigenvalue weighted by atomic mass is 10.0. The van der Waals surface area contributed by atoms with Gasteiger partial charge in [0.2, 0.25) is 5.71 Å². The third kappa shape index (κ3) is 3.79. The molecule has 0 aliphatic carbocycles. The van der Waals surface area contributed by atoms with Crippen LogP contribution in [0, 0.1) is 0 Å². The summed E-state index contributed by atoms with van der Waals surface area (Å²) in [5.74, 6) is 0.748. The van der Waals surface area contributed by atoms with Gasteiger partial charge in [-0.15, -0.1) is 0 Å². The number of benzene rings is 5. The first-order valence-corrected chi connectivity index (χ1v) is 14.2. The van der Waals surface area contributed by atoms with Crippen LogP contribution < -0.4 is 4.90 Å². The molecule has 0 bridgehead atoms. The van der Waals surface area contributed by atoms with Crippen LogP contribution in [0.5, 0.6) is 0 Å². The van der Waals surface area contributed by atoms with Gasteiger partial charge in [-0.1, -0.05) is 72.8 Å². The van der Waals surface area contributed by atoms with Crippen molar-refractivity contribution >= 4 is 72.0 Å². The Labute approximate surface area is 246 Å². The lowest BCUT2D eigenvalue weighted by molar-refractivity contribution is 0.654. The summed E-state index contributed by atoms with van der Waals surface area (Å²) in [6, 6.07) is 43.8. The van der Waals surface area contributed by atoms with Crippen LogP contribution in [0.3, 0.4) is 0 Å². The number of aromatic nitrogens is 2. The maximum absolute atomic E-state index is 6.29. The van der Waals surface area contributed by atoms with Crippen molar-refractivity contribution in [1.29, 1.82) is 0 Å². The summed E-state index contributed by atoms with van der Waals surface area (Å²) in [6.07, 6.45) is 3.66. The third-order valence-corrected chi connectivity index (χ3v) is 8.16. The first-order chi connectivity index (χ1) is 21.3. The summed E-state index contributed by atoms with van der Waals surface area (Å²) < 4.78 is 12.5. The van der Waals surface area contributed by atoms with Crippen molar-refractivity contribution in [3.8, 4) is 11.1 Å². The molecular weight excluding hydrogens is 530 g/mol. The van der Waals surface area contributed by atoms with Gasteiger partial charge in [-0.3, -0.25) is 4.90 Å². The molecule has 5 aromatic carbocycles. The van der Waals surface area contributed by atoms with Crippen LogP contribution in [-0.4, -0.2) is 9.97 Å². The minimum Gasteiger partial charge on any atom is -0.456 e. The zero-order chi connectivity index (χ0) is 28.3. The molecule has 0 aliphatic rings. The zero-order valence-electron chi connectivity index (χ0n) is 22.9. The second kappa shape index (κ2) is 9.29. The van der Waals surface area contributed by atoms with E-state index in [-0.39, 0.29) is 0 Å². The van der Waals surface area contributed by atoms with E-state index in [1.165, 1.54) is 16.5 Å². The highest BCUT2D eigenvalue weighted by Crippen LogP contribution is 2.43. The van der Waals surface area contributed by atoms with E-state index in [0.717, 1.165) is 60.9 Å². The van der Waals surface area contributed by atoms with Crippen LogP contribution >= 0.6 is 0 Å². The van der Waals surface area contributed by atoms with Crippen LogP contribution in [0.15, 0.2) is 149 Å². The number of nitrogens with zero attached hydrogens (tertiary/aromatic N) is 3. The summed E-state index contributed by atoms with van der Waals surface area (Å²) in [5.41, 5.74) is 7.34. The molecule has 4 aromatic heterocycles. The third-order valence-electron chi connectivity index (χ3n) is 8.16. The van der Waals surface area contributed by atoms with Crippen LogP contribution in [0.25, 0.3) is 65.9 Å². The Kier molecular flexibility index (Phi) is 5.13. The van der Waals surface area contributed by atoms with Gasteiger partial charge in [0, 0.05) is 34.9 Å². The smallest absolute Gasteiger partial charge is 0.227 e. The Balaban J connectivity index is 1.28. The molecule has 0 saturated heterocycles. The summed E-state index contributed by atoms with van der Waals surface area (Å²) >= 11 is 0. The second-order valence-electron chi connectivity index (χ2n) is 10.7. The van der Waals surface area contributed by atoms with Gasteiger partial charge in [0.05, 0.1) is 16.5 Å². The fraction of sp³-hybridized carbons (Fsp3) is 0. The van der Waals surface area contributed by atoms with Crippen molar-refractivity contribution in [2.24, 2.45) is 0 Å². The molecule has 0 unspecified atom stereocenters. The standard InChI is InChI=1S/C38H23N3O2/c1-2-8-24(9-3-1)25-15-16-27-21-28(18-17-26(27)20-25)41(32-12-6-14-34-37(32)30-11-7-19-39-38(30)43-34)36-22-35-31(23-40-36)29-10-4-5-13-33(29)42-35/h1-23H. The minimum atomic E-state index is 0.609.